The molecule has 1 atom stereocenters. The second kappa shape index (κ2) is 2.35. The zero-order chi connectivity index (χ0) is 8.84. The van der Waals surface area contributed by atoms with Crippen LogP contribution in [0.3, 0.4) is 0 Å². The molecule has 1 aliphatic carbocycles. The molecule has 0 aliphatic heterocycles. The van der Waals surface area contributed by atoms with Crippen molar-refractivity contribution in [2.24, 2.45) is 0 Å². The molecule has 0 bridgehead atoms. The highest BCUT2D eigenvalue weighted by atomic mass is 14.2. The zero-order valence-electron chi connectivity index (χ0n) is 7.62. The highest BCUT2D eigenvalue weighted by molar-refractivity contribution is 5.93. The smallest absolute Gasteiger partial charge is 0.00144 e. The van der Waals surface area contributed by atoms with E-state index in [9.17, 15) is 0 Å². The molecular formula is C13H11. The molecule has 0 fully saturated rings. The van der Waals surface area contributed by atoms with Crippen molar-refractivity contribution < 1.29 is 0 Å². The van der Waals surface area contributed by atoms with Gasteiger partial charge in [0.05, 0.1) is 0 Å². The minimum absolute atomic E-state index is 0.584. The van der Waals surface area contributed by atoms with Gasteiger partial charge in [-0.25, -0.2) is 0 Å². The lowest BCUT2D eigenvalue weighted by atomic mass is 10.0. The van der Waals surface area contributed by atoms with E-state index in [-0.39, 0.29) is 0 Å². The van der Waals surface area contributed by atoms with Crippen LogP contribution in [0.4, 0.5) is 0 Å². The van der Waals surface area contributed by atoms with Gasteiger partial charge < -0.3 is 0 Å². The van der Waals surface area contributed by atoms with Crippen LogP contribution in [0.25, 0.3) is 10.8 Å². The fourth-order valence-corrected chi connectivity index (χ4v) is 2.28. The normalized spacial score (nSPS) is 19.6. The third-order valence-electron chi connectivity index (χ3n) is 2.89. The summed E-state index contributed by atoms with van der Waals surface area (Å²) in [6.45, 7) is 2.26. The lowest BCUT2D eigenvalue weighted by Gasteiger charge is -2.02. The SMILES string of the molecule is CC1[CH]c2cccc3cccc1c23. The standard InChI is InChI=1S/C13H11/c1-9-8-11-6-2-4-10-5-3-7-12(9)13(10)11/h2-9H,1H3. The minimum Gasteiger partial charge on any atom is -0.0613 e. The molecule has 0 saturated carbocycles. The van der Waals surface area contributed by atoms with Crippen molar-refractivity contribution in [1.29, 1.82) is 0 Å². The predicted octanol–water partition coefficient (Wildman–Crippen LogP) is 3.51. The second-order valence-corrected chi connectivity index (χ2v) is 3.75. The first-order valence-corrected chi connectivity index (χ1v) is 4.73. The number of rotatable bonds is 0. The van der Waals surface area contributed by atoms with Crippen molar-refractivity contribution >= 4 is 10.8 Å². The predicted molar refractivity (Wildman–Crippen MR) is 55.8 cm³/mol. The van der Waals surface area contributed by atoms with Gasteiger partial charge >= 0.3 is 0 Å². The van der Waals surface area contributed by atoms with Gasteiger partial charge in [0.15, 0.2) is 0 Å². The maximum atomic E-state index is 2.34. The van der Waals surface area contributed by atoms with Crippen LogP contribution < -0.4 is 0 Å². The van der Waals surface area contributed by atoms with Crippen molar-refractivity contribution in [2.75, 3.05) is 0 Å². The van der Waals surface area contributed by atoms with Crippen LogP contribution in [0.15, 0.2) is 36.4 Å². The van der Waals surface area contributed by atoms with Crippen LogP contribution >= 0.6 is 0 Å². The molecule has 0 saturated heterocycles. The Morgan fingerprint density at radius 1 is 1.00 bits per heavy atom. The van der Waals surface area contributed by atoms with Crippen molar-refractivity contribution in [3.05, 3.63) is 53.9 Å². The molecule has 2 aromatic carbocycles. The molecule has 0 heterocycles. The molecule has 63 valence electrons. The summed E-state index contributed by atoms with van der Waals surface area (Å²) in [6.07, 6.45) is 2.34. The zero-order valence-corrected chi connectivity index (χ0v) is 7.62. The van der Waals surface area contributed by atoms with Crippen LogP contribution in [0.1, 0.15) is 24.0 Å². The average molecular weight is 167 g/mol. The Morgan fingerprint density at radius 2 is 1.77 bits per heavy atom. The van der Waals surface area contributed by atoms with E-state index >= 15 is 0 Å². The molecule has 0 amide bonds. The van der Waals surface area contributed by atoms with E-state index in [0.29, 0.717) is 5.92 Å². The quantitative estimate of drug-likeness (QED) is 0.563. The summed E-state index contributed by atoms with van der Waals surface area (Å²) in [7, 11) is 0. The maximum absolute atomic E-state index is 2.34. The first-order valence-electron chi connectivity index (χ1n) is 4.73. The second-order valence-electron chi connectivity index (χ2n) is 3.75. The van der Waals surface area contributed by atoms with E-state index in [1.807, 2.05) is 0 Å². The lowest BCUT2D eigenvalue weighted by Crippen LogP contribution is -1.84. The molecule has 0 heteroatoms. The van der Waals surface area contributed by atoms with Gasteiger partial charge in [-0.3, -0.25) is 0 Å². The van der Waals surface area contributed by atoms with E-state index in [0.717, 1.165) is 0 Å². The molecule has 1 radical (unpaired) electrons. The summed E-state index contributed by atoms with van der Waals surface area (Å²) in [4.78, 5) is 0. The third kappa shape index (κ3) is 0.859. The van der Waals surface area contributed by atoms with E-state index < -0.39 is 0 Å². The highest BCUT2D eigenvalue weighted by Crippen LogP contribution is 2.38. The first-order chi connectivity index (χ1) is 6.36. The van der Waals surface area contributed by atoms with Gasteiger partial charge in [-0.15, -0.1) is 0 Å². The van der Waals surface area contributed by atoms with Crippen molar-refractivity contribution in [3.63, 3.8) is 0 Å². The Labute approximate surface area is 78.2 Å². The summed E-state index contributed by atoms with van der Waals surface area (Å²) >= 11 is 0. The Kier molecular flexibility index (Phi) is 1.29. The van der Waals surface area contributed by atoms with Crippen LogP contribution in [-0.4, -0.2) is 0 Å². The van der Waals surface area contributed by atoms with E-state index in [1.165, 1.54) is 21.9 Å². The van der Waals surface area contributed by atoms with Gasteiger partial charge in [0, 0.05) is 0 Å². The summed E-state index contributed by atoms with van der Waals surface area (Å²) in [5, 5.41) is 2.83. The van der Waals surface area contributed by atoms with Gasteiger partial charge in [-0.2, -0.15) is 0 Å². The van der Waals surface area contributed by atoms with Crippen molar-refractivity contribution in [1.82, 2.24) is 0 Å². The summed E-state index contributed by atoms with van der Waals surface area (Å²) in [6, 6.07) is 13.1. The summed E-state index contributed by atoms with van der Waals surface area (Å²) in [5.41, 5.74) is 2.88. The molecular weight excluding hydrogens is 156 g/mol. The van der Waals surface area contributed by atoms with Gasteiger partial charge in [0.2, 0.25) is 0 Å². The first kappa shape index (κ1) is 7.14. The lowest BCUT2D eigenvalue weighted by molar-refractivity contribution is 0.945. The van der Waals surface area contributed by atoms with Crippen molar-refractivity contribution in [2.45, 2.75) is 12.8 Å². The molecule has 0 N–H and O–H groups in total. The van der Waals surface area contributed by atoms with Crippen LogP contribution in [0.2, 0.25) is 0 Å². The monoisotopic (exact) mass is 167 g/mol. The number of hydrogen-bond donors (Lipinski definition) is 0. The Balaban J connectivity index is 2.51. The summed E-state index contributed by atoms with van der Waals surface area (Å²) < 4.78 is 0. The molecule has 2 aromatic rings. The molecule has 13 heavy (non-hydrogen) atoms. The maximum Gasteiger partial charge on any atom is -0.00144 e. The van der Waals surface area contributed by atoms with E-state index in [1.54, 1.807) is 0 Å². The van der Waals surface area contributed by atoms with E-state index in [2.05, 4.69) is 49.7 Å². The Morgan fingerprint density at radius 3 is 2.62 bits per heavy atom. The molecule has 3 rings (SSSR count). The number of hydrogen-bond acceptors (Lipinski definition) is 0. The molecule has 0 aromatic heterocycles. The van der Waals surface area contributed by atoms with E-state index in [4.69, 9.17) is 0 Å². The van der Waals surface area contributed by atoms with Gasteiger partial charge in [0.25, 0.3) is 0 Å². The molecule has 0 nitrogen and oxygen atoms in total. The average Bonchev–Trinajstić information content (AvgIpc) is 2.47. The van der Waals surface area contributed by atoms with Crippen LogP contribution in [-0.2, 0) is 0 Å². The minimum atomic E-state index is 0.584. The fourth-order valence-electron chi connectivity index (χ4n) is 2.28. The highest BCUT2D eigenvalue weighted by Gasteiger charge is 2.19. The summed E-state index contributed by atoms with van der Waals surface area (Å²) in [5.74, 6) is 0.584. The largest absolute Gasteiger partial charge is 0.0613 e. The third-order valence-corrected chi connectivity index (χ3v) is 2.89. The van der Waals surface area contributed by atoms with Gasteiger partial charge in [-0.1, -0.05) is 43.3 Å². The molecule has 1 unspecified atom stereocenters. The Hall–Kier alpha value is -1.30. The number of benzene rings is 2. The fraction of sp³-hybridized carbons (Fsp3) is 0.154. The van der Waals surface area contributed by atoms with Crippen molar-refractivity contribution in [3.8, 4) is 0 Å². The van der Waals surface area contributed by atoms with Gasteiger partial charge in [0.1, 0.15) is 0 Å². The molecule has 0 spiro atoms. The van der Waals surface area contributed by atoms with Crippen LogP contribution in [0, 0.1) is 6.42 Å². The Bertz CT molecular complexity index is 463. The van der Waals surface area contributed by atoms with Crippen LogP contribution in [0.5, 0.6) is 0 Å². The topological polar surface area (TPSA) is 0 Å². The van der Waals surface area contributed by atoms with Gasteiger partial charge in [-0.05, 0) is 34.2 Å². The molecule has 1 aliphatic rings.